The number of hydrogen-bond acceptors (Lipinski definition) is 6. The third kappa shape index (κ3) is 8.20. The largest absolute Gasteiger partial charge is 0.484 e. The number of nitrogens with one attached hydrogen (secondary N) is 1. The lowest BCUT2D eigenvalue weighted by Gasteiger charge is -2.29. The Kier molecular flexibility index (Phi) is 10.8. The smallest absolute Gasteiger partial charge is 0.261 e. The lowest BCUT2D eigenvalue weighted by atomic mass is 10.1. The van der Waals surface area contributed by atoms with Crippen LogP contribution in [-0.2, 0) is 37.4 Å². The fraction of sp³-hybridized carbons (Fsp3) is 0.310. The molecule has 1 N–H and O–H groups in total. The molecule has 0 unspecified atom stereocenters. The molecule has 2 amide bonds. The van der Waals surface area contributed by atoms with Gasteiger partial charge >= 0.3 is 0 Å². The number of nitrogens with zero attached hydrogens (tertiary/aromatic N) is 2. The van der Waals surface area contributed by atoms with Crippen molar-refractivity contribution in [1.29, 1.82) is 0 Å². The van der Waals surface area contributed by atoms with Crippen molar-refractivity contribution in [3.8, 4) is 5.75 Å². The summed E-state index contributed by atoms with van der Waals surface area (Å²) in [5.41, 5.74) is 1.27. The van der Waals surface area contributed by atoms with Crippen molar-refractivity contribution in [2.45, 2.75) is 31.0 Å². The van der Waals surface area contributed by atoms with E-state index in [1.807, 2.05) is 0 Å². The average molecular weight is 639 g/mol. The van der Waals surface area contributed by atoms with Crippen molar-refractivity contribution in [2.24, 2.45) is 0 Å². The van der Waals surface area contributed by atoms with Crippen LogP contribution in [0.2, 0.25) is 10.0 Å². The number of sulfonamides is 1. The Morgan fingerprint density at radius 2 is 1.71 bits per heavy atom. The van der Waals surface area contributed by atoms with Gasteiger partial charge in [0, 0.05) is 36.2 Å². The van der Waals surface area contributed by atoms with E-state index >= 15 is 0 Å². The summed E-state index contributed by atoms with van der Waals surface area (Å²) in [5, 5.41) is 3.64. The first-order valence-electron chi connectivity index (χ1n) is 13.1. The fourth-order valence-corrected chi connectivity index (χ4v) is 6.12. The Morgan fingerprint density at radius 3 is 2.36 bits per heavy atom. The van der Waals surface area contributed by atoms with E-state index < -0.39 is 40.3 Å². The molecule has 42 heavy (non-hydrogen) atoms. The molecule has 1 saturated heterocycles. The van der Waals surface area contributed by atoms with Gasteiger partial charge in [-0.05, 0) is 66.6 Å². The molecule has 1 aliphatic rings. The molecule has 9 nitrogen and oxygen atoms in total. The van der Waals surface area contributed by atoms with E-state index in [0.29, 0.717) is 34.4 Å². The number of carbonyl (C=O) groups is 2. The van der Waals surface area contributed by atoms with E-state index in [9.17, 15) is 22.4 Å². The van der Waals surface area contributed by atoms with Gasteiger partial charge in [0.15, 0.2) is 6.61 Å². The Bertz CT molecular complexity index is 1500. The van der Waals surface area contributed by atoms with Crippen LogP contribution in [0.5, 0.6) is 5.75 Å². The number of carbonyl (C=O) groups excluding carboxylic acids is 2. The third-order valence-electron chi connectivity index (χ3n) is 6.70. The molecule has 1 heterocycles. The average Bonchev–Trinajstić information content (AvgIpc) is 2.99. The molecule has 0 saturated carbocycles. The maximum Gasteiger partial charge on any atom is 0.261 e. The lowest BCUT2D eigenvalue weighted by molar-refractivity contribution is -0.142. The minimum absolute atomic E-state index is 0.0233. The van der Waals surface area contributed by atoms with Crippen molar-refractivity contribution < 1.29 is 31.9 Å². The quantitative estimate of drug-likeness (QED) is 0.337. The zero-order valence-electron chi connectivity index (χ0n) is 22.8. The predicted octanol–water partition coefficient (Wildman–Crippen LogP) is 4.27. The van der Waals surface area contributed by atoms with Crippen LogP contribution in [0, 0.1) is 5.82 Å². The Labute approximate surface area is 254 Å². The predicted molar refractivity (Wildman–Crippen MR) is 156 cm³/mol. The van der Waals surface area contributed by atoms with Gasteiger partial charge in [0.05, 0.1) is 18.1 Å². The van der Waals surface area contributed by atoms with E-state index in [-0.39, 0.29) is 36.8 Å². The first-order valence-corrected chi connectivity index (χ1v) is 15.3. The van der Waals surface area contributed by atoms with Gasteiger partial charge in [0.1, 0.15) is 17.6 Å². The Morgan fingerprint density at radius 1 is 1.05 bits per heavy atom. The molecule has 3 aromatic rings. The van der Waals surface area contributed by atoms with Gasteiger partial charge in [-0.15, -0.1) is 0 Å². The molecule has 1 atom stereocenters. The summed E-state index contributed by atoms with van der Waals surface area (Å²) >= 11 is 12.2. The van der Waals surface area contributed by atoms with Crippen LogP contribution in [-0.4, -0.2) is 68.4 Å². The molecule has 224 valence electrons. The molecular formula is C29H30Cl2FN3O6S. The summed E-state index contributed by atoms with van der Waals surface area (Å²) < 4.78 is 51.4. The van der Waals surface area contributed by atoms with Crippen LogP contribution in [0.4, 0.5) is 4.39 Å². The molecular weight excluding hydrogens is 608 g/mol. The molecule has 13 heteroatoms. The maximum absolute atomic E-state index is 13.5. The lowest BCUT2D eigenvalue weighted by Crippen LogP contribution is -2.48. The number of ether oxygens (including phenoxy) is 2. The van der Waals surface area contributed by atoms with E-state index in [4.69, 9.17) is 32.7 Å². The number of halogens is 3. The molecule has 1 fully saturated rings. The van der Waals surface area contributed by atoms with E-state index in [1.165, 1.54) is 57.7 Å². The van der Waals surface area contributed by atoms with Gasteiger partial charge in [-0.3, -0.25) is 9.59 Å². The number of rotatable bonds is 11. The number of morpholine rings is 1. The van der Waals surface area contributed by atoms with E-state index in [1.54, 1.807) is 25.1 Å². The minimum Gasteiger partial charge on any atom is -0.484 e. The van der Waals surface area contributed by atoms with Crippen molar-refractivity contribution >= 4 is 45.0 Å². The van der Waals surface area contributed by atoms with Crippen LogP contribution in [0.25, 0.3) is 0 Å². The number of benzene rings is 3. The monoisotopic (exact) mass is 637 g/mol. The van der Waals surface area contributed by atoms with E-state index in [0.717, 1.165) is 0 Å². The van der Waals surface area contributed by atoms with Crippen molar-refractivity contribution in [2.75, 3.05) is 32.9 Å². The molecule has 0 radical (unpaired) electrons. The second kappa shape index (κ2) is 14.3. The summed E-state index contributed by atoms with van der Waals surface area (Å²) in [6, 6.07) is 15.4. The second-order valence-corrected chi connectivity index (χ2v) is 12.3. The topological polar surface area (TPSA) is 105 Å². The summed E-state index contributed by atoms with van der Waals surface area (Å²) in [4.78, 5) is 27.8. The second-order valence-electron chi connectivity index (χ2n) is 9.55. The van der Waals surface area contributed by atoms with Crippen molar-refractivity contribution in [1.82, 2.24) is 14.5 Å². The SMILES string of the molecule is C[C@H](C(=O)NCc1ccc(Cl)cc1Cl)N(Cc1ccc(F)cc1)C(=O)COc1ccc(S(=O)(=O)N2CCOCC2)cc1. The van der Waals surface area contributed by atoms with Crippen LogP contribution in [0.1, 0.15) is 18.1 Å². The van der Waals surface area contributed by atoms with Gasteiger partial charge in [0.25, 0.3) is 5.91 Å². The van der Waals surface area contributed by atoms with Crippen LogP contribution >= 0.6 is 23.2 Å². The van der Waals surface area contributed by atoms with Crippen molar-refractivity contribution in [3.63, 3.8) is 0 Å². The van der Waals surface area contributed by atoms with Gasteiger partial charge in [-0.2, -0.15) is 4.31 Å². The number of hydrogen-bond donors (Lipinski definition) is 1. The fourth-order valence-electron chi connectivity index (χ4n) is 4.24. The molecule has 0 aliphatic carbocycles. The highest BCUT2D eigenvalue weighted by molar-refractivity contribution is 7.89. The molecule has 4 rings (SSSR count). The van der Waals surface area contributed by atoms with Gasteiger partial charge in [0.2, 0.25) is 15.9 Å². The highest BCUT2D eigenvalue weighted by atomic mass is 35.5. The third-order valence-corrected chi connectivity index (χ3v) is 9.20. The number of amides is 2. The molecule has 3 aromatic carbocycles. The molecule has 0 bridgehead atoms. The molecule has 0 aromatic heterocycles. The first-order chi connectivity index (χ1) is 20.0. The van der Waals surface area contributed by atoms with Crippen molar-refractivity contribution in [3.05, 3.63) is 93.7 Å². The van der Waals surface area contributed by atoms with Crippen LogP contribution in [0.3, 0.4) is 0 Å². The summed E-state index contributed by atoms with van der Waals surface area (Å²) in [7, 11) is -3.68. The van der Waals surface area contributed by atoms with Gasteiger partial charge in [-0.25, -0.2) is 12.8 Å². The van der Waals surface area contributed by atoms with Crippen LogP contribution < -0.4 is 10.1 Å². The minimum atomic E-state index is -3.68. The highest BCUT2D eigenvalue weighted by Gasteiger charge is 2.28. The molecule has 0 spiro atoms. The highest BCUT2D eigenvalue weighted by Crippen LogP contribution is 2.22. The first kappa shape index (κ1) is 31.7. The zero-order chi connectivity index (χ0) is 30.3. The van der Waals surface area contributed by atoms with Gasteiger partial charge < -0.3 is 19.7 Å². The van der Waals surface area contributed by atoms with E-state index in [2.05, 4.69) is 5.32 Å². The standard InChI is InChI=1S/C29H30Cl2FN3O6S/c1-20(29(37)33-17-22-4-5-23(30)16-27(22)31)35(18-21-2-6-24(32)7-3-21)28(36)19-41-25-8-10-26(11-9-25)42(38,39)34-12-14-40-15-13-34/h2-11,16,20H,12-15,17-19H2,1H3,(H,33,37)/t20-/m1/s1. The Hall–Kier alpha value is -3.22. The Balaban J connectivity index is 1.43. The maximum atomic E-state index is 13.5. The normalized spacial score (nSPS) is 14.7. The summed E-state index contributed by atoms with van der Waals surface area (Å²) in [6.45, 7) is 2.52. The van der Waals surface area contributed by atoms with Crippen LogP contribution in [0.15, 0.2) is 71.6 Å². The van der Waals surface area contributed by atoms with Gasteiger partial charge in [-0.1, -0.05) is 41.4 Å². The summed E-state index contributed by atoms with van der Waals surface area (Å²) in [6.07, 6.45) is 0. The zero-order valence-corrected chi connectivity index (χ0v) is 25.1. The molecule has 1 aliphatic heterocycles. The summed E-state index contributed by atoms with van der Waals surface area (Å²) in [5.74, 6) is -1.09.